The quantitative estimate of drug-likeness (QED) is 0.416. The number of esters is 1. The monoisotopic (exact) mass is 279 g/mol. The molecule has 0 aromatic heterocycles. The molecule has 110 valence electrons. The molecule has 1 aromatic rings. The summed E-state index contributed by atoms with van der Waals surface area (Å²) in [5, 5.41) is 10.6. The van der Waals surface area contributed by atoms with Crippen LogP contribution in [0.3, 0.4) is 0 Å². The summed E-state index contributed by atoms with van der Waals surface area (Å²) < 4.78 is 5.18. The van der Waals surface area contributed by atoms with Gasteiger partial charge in [-0.1, -0.05) is 44.2 Å². The lowest BCUT2D eigenvalue weighted by atomic mass is 9.98. The minimum Gasteiger partial charge on any atom is -0.460 e. The van der Waals surface area contributed by atoms with Gasteiger partial charge in [0.2, 0.25) is 6.54 Å². The van der Waals surface area contributed by atoms with Gasteiger partial charge >= 0.3 is 5.97 Å². The number of carbonyl (C=O) groups excluding carboxylic acids is 1. The average Bonchev–Trinajstić information content (AvgIpc) is 2.41. The molecular weight excluding hydrogens is 258 g/mol. The van der Waals surface area contributed by atoms with E-state index in [1.54, 1.807) is 0 Å². The maximum atomic E-state index is 11.9. The molecular formula is C15H21NO4. The molecule has 0 saturated carbocycles. The minimum atomic E-state index is -0.656. The Morgan fingerprint density at radius 1 is 1.25 bits per heavy atom. The summed E-state index contributed by atoms with van der Waals surface area (Å²) in [6, 6.07) is 9.30. The van der Waals surface area contributed by atoms with Crippen molar-refractivity contribution < 1.29 is 14.5 Å². The van der Waals surface area contributed by atoms with Gasteiger partial charge in [-0.15, -0.1) is 0 Å². The summed E-state index contributed by atoms with van der Waals surface area (Å²) in [5.74, 6) is -0.728. The van der Waals surface area contributed by atoms with E-state index in [1.165, 1.54) is 0 Å². The van der Waals surface area contributed by atoms with Crippen molar-refractivity contribution in [1.82, 2.24) is 0 Å². The molecule has 0 saturated heterocycles. The molecule has 0 spiro atoms. The first-order valence-corrected chi connectivity index (χ1v) is 6.81. The van der Waals surface area contributed by atoms with Gasteiger partial charge in [0.05, 0.1) is 0 Å². The maximum absolute atomic E-state index is 11.9. The third kappa shape index (κ3) is 6.31. The van der Waals surface area contributed by atoms with Crippen LogP contribution >= 0.6 is 0 Å². The highest BCUT2D eigenvalue weighted by Crippen LogP contribution is 2.15. The largest absolute Gasteiger partial charge is 0.460 e. The van der Waals surface area contributed by atoms with Gasteiger partial charge in [-0.05, 0) is 24.3 Å². The van der Waals surface area contributed by atoms with Gasteiger partial charge in [0.15, 0.2) is 0 Å². The zero-order chi connectivity index (χ0) is 15.0. The van der Waals surface area contributed by atoms with Crippen molar-refractivity contribution in [2.75, 3.05) is 6.54 Å². The van der Waals surface area contributed by atoms with Gasteiger partial charge in [0, 0.05) is 4.92 Å². The first kappa shape index (κ1) is 16.1. The van der Waals surface area contributed by atoms with Crippen LogP contribution in [0.25, 0.3) is 0 Å². The van der Waals surface area contributed by atoms with E-state index in [1.807, 2.05) is 44.2 Å². The van der Waals surface area contributed by atoms with Gasteiger partial charge in [-0.2, -0.15) is 0 Å². The van der Waals surface area contributed by atoms with Crippen LogP contribution in [0.1, 0.15) is 32.3 Å². The Labute approximate surface area is 119 Å². The number of rotatable bonds is 8. The third-order valence-electron chi connectivity index (χ3n) is 3.02. The summed E-state index contributed by atoms with van der Waals surface area (Å²) in [7, 11) is 0. The zero-order valence-electron chi connectivity index (χ0n) is 12.0. The predicted molar refractivity (Wildman–Crippen MR) is 75.7 cm³/mol. The van der Waals surface area contributed by atoms with Crippen LogP contribution in [-0.4, -0.2) is 17.4 Å². The third-order valence-corrected chi connectivity index (χ3v) is 3.02. The Bertz CT molecular complexity index is 431. The number of benzene rings is 1. The smallest absolute Gasteiger partial charge is 0.315 e. The van der Waals surface area contributed by atoms with Crippen LogP contribution < -0.4 is 0 Å². The second-order valence-corrected chi connectivity index (χ2v) is 5.28. The fourth-order valence-electron chi connectivity index (χ4n) is 1.84. The molecule has 0 amide bonds. The fraction of sp³-hybridized carbons (Fsp3) is 0.533. The summed E-state index contributed by atoms with van der Waals surface area (Å²) in [5.41, 5.74) is 0.879. The summed E-state index contributed by atoms with van der Waals surface area (Å²) in [6.07, 6.45) is 1.27. The highest BCUT2D eigenvalue weighted by atomic mass is 16.6. The maximum Gasteiger partial charge on any atom is 0.315 e. The van der Waals surface area contributed by atoms with E-state index in [2.05, 4.69) is 0 Å². The number of ether oxygens (including phenoxy) is 1. The lowest BCUT2D eigenvalue weighted by Gasteiger charge is -2.13. The molecule has 5 nitrogen and oxygen atoms in total. The molecule has 0 heterocycles. The fourth-order valence-corrected chi connectivity index (χ4v) is 1.84. The van der Waals surface area contributed by atoms with Crippen molar-refractivity contribution in [1.29, 1.82) is 0 Å². The van der Waals surface area contributed by atoms with Crippen LogP contribution in [0.5, 0.6) is 0 Å². The lowest BCUT2D eigenvalue weighted by Crippen LogP contribution is -2.25. The van der Waals surface area contributed by atoms with Crippen LogP contribution in [-0.2, 0) is 16.1 Å². The molecule has 0 aliphatic rings. The van der Waals surface area contributed by atoms with E-state index in [4.69, 9.17) is 4.74 Å². The van der Waals surface area contributed by atoms with E-state index >= 15 is 0 Å². The SMILES string of the molecule is CC(C)CCC(C[N+](=O)[O-])C(=O)OCc1ccccc1. The highest BCUT2D eigenvalue weighted by Gasteiger charge is 2.25. The van der Waals surface area contributed by atoms with Crippen molar-refractivity contribution in [3.8, 4) is 0 Å². The normalized spacial score (nSPS) is 12.2. The molecule has 1 aromatic carbocycles. The van der Waals surface area contributed by atoms with Crippen molar-refractivity contribution in [3.05, 3.63) is 46.0 Å². The van der Waals surface area contributed by atoms with E-state index in [9.17, 15) is 14.9 Å². The molecule has 1 rings (SSSR count). The topological polar surface area (TPSA) is 69.4 Å². The number of carbonyl (C=O) groups is 1. The molecule has 0 aliphatic heterocycles. The first-order valence-electron chi connectivity index (χ1n) is 6.81. The number of hydrogen-bond acceptors (Lipinski definition) is 4. The van der Waals surface area contributed by atoms with Crippen molar-refractivity contribution in [2.45, 2.75) is 33.3 Å². The van der Waals surface area contributed by atoms with Crippen LogP contribution in [0, 0.1) is 22.0 Å². The van der Waals surface area contributed by atoms with Gasteiger partial charge in [-0.3, -0.25) is 14.9 Å². The number of nitrogens with zero attached hydrogens (tertiary/aromatic N) is 1. The van der Waals surface area contributed by atoms with Crippen molar-refractivity contribution >= 4 is 5.97 Å². The van der Waals surface area contributed by atoms with E-state index in [0.29, 0.717) is 12.3 Å². The highest BCUT2D eigenvalue weighted by molar-refractivity contribution is 5.72. The lowest BCUT2D eigenvalue weighted by molar-refractivity contribution is -0.486. The molecule has 1 atom stereocenters. The first-order chi connectivity index (χ1) is 9.49. The molecule has 5 heteroatoms. The Balaban J connectivity index is 2.51. The molecule has 20 heavy (non-hydrogen) atoms. The van der Waals surface area contributed by atoms with Gasteiger partial charge in [-0.25, -0.2) is 0 Å². The van der Waals surface area contributed by atoms with E-state index in [-0.39, 0.29) is 13.2 Å². The van der Waals surface area contributed by atoms with Crippen LogP contribution in [0.4, 0.5) is 0 Å². The Morgan fingerprint density at radius 2 is 1.90 bits per heavy atom. The minimum absolute atomic E-state index is 0.162. The van der Waals surface area contributed by atoms with E-state index in [0.717, 1.165) is 12.0 Å². The van der Waals surface area contributed by atoms with Crippen molar-refractivity contribution in [3.63, 3.8) is 0 Å². The zero-order valence-corrected chi connectivity index (χ0v) is 12.0. The standard InChI is InChI=1S/C15H21NO4/c1-12(2)8-9-14(10-16(18)19)15(17)20-11-13-6-4-3-5-7-13/h3-7,12,14H,8-11H2,1-2H3. The van der Waals surface area contributed by atoms with Gasteiger partial charge in [0.25, 0.3) is 0 Å². The Hall–Kier alpha value is -1.91. The summed E-state index contributed by atoms with van der Waals surface area (Å²) in [6.45, 7) is 3.85. The van der Waals surface area contributed by atoms with Crippen LogP contribution in [0.15, 0.2) is 30.3 Å². The molecule has 0 radical (unpaired) electrons. The van der Waals surface area contributed by atoms with Gasteiger partial charge < -0.3 is 4.74 Å². The number of nitro groups is 1. The molecule has 0 bridgehead atoms. The van der Waals surface area contributed by atoms with Gasteiger partial charge in [0.1, 0.15) is 12.5 Å². The van der Waals surface area contributed by atoms with E-state index < -0.39 is 16.8 Å². The Morgan fingerprint density at radius 3 is 2.45 bits per heavy atom. The van der Waals surface area contributed by atoms with Crippen LogP contribution in [0.2, 0.25) is 0 Å². The summed E-state index contributed by atoms with van der Waals surface area (Å²) >= 11 is 0. The van der Waals surface area contributed by atoms with Crippen molar-refractivity contribution in [2.24, 2.45) is 11.8 Å². The predicted octanol–water partition coefficient (Wildman–Crippen LogP) is 3.06. The summed E-state index contributed by atoms with van der Waals surface area (Å²) in [4.78, 5) is 22.1. The average molecular weight is 279 g/mol. The molecule has 1 unspecified atom stereocenters. The Kier molecular flexibility index (Phi) is 6.70. The molecule has 0 aliphatic carbocycles. The second-order valence-electron chi connectivity index (χ2n) is 5.28. The molecule has 0 N–H and O–H groups in total. The molecule has 0 fully saturated rings. The second kappa shape index (κ2) is 8.30. The number of hydrogen-bond donors (Lipinski definition) is 0.